The van der Waals surface area contributed by atoms with Gasteiger partial charge in [0.15, 0.2) is 0 Å². The lowest BCUT2D eigenvalue weighted by Gasteiger charge is -2.18. The van der Waals surface area contributed by atoms with Gasteiger partial charge in [-0.05, 0) is 48.1 Å². The van der Waals surface area contributed by atoms with E-state index in [0.717, 1.165) is 54.4 Å². The Bertz CT molecular complexity index is 1100. The summed E-state index contributed by atoms with van der Waals surface area (Å²) in [5.41, 5.74) is 6.14. The molecule has 3 aliphatic heterocycles. The number of aryl methyl sites for hydroxylation is 1. The molecule has 28 heavy (non-hydrogen) atoms. The van der Waals surface area contributed by atoms with Crippen LogP contribution < -0.4 is 9.47 Å². The molecule has 0 aliphatic carbocycles. The Balaban J connectivity index is 0.000000122. The molecule has 0 unspecified atom stereocenters. The fourth-order valence-corrected chi connectivity index (χ4v) is 4.04. The highest BCUT2D eigenvalue weighted by molar-refractivity contribution is 5.89. The van der Waals surface area contributed by atoms with Gasteiger partial charge in [-0.25, -0.2) is 0 Å². The summed E-state index contributed by atoms with van der Waals surface area (Å²) in [5.74, 6) is 3.08. The molecule has 142 valence electrons. The lowest BCUT2D eigenvalue weighted by molar-refractivity contribution is 0.195. The van der Waals surface area contributed by atoms with Gasteiger partial charge in [-0.1, -0.05) is 24.3 Å². The minimum Gasteiger partial charge on any atom is -0.493 e. The van der Waals surface area contributed by atoms with E-state index in [1.165, 1.54) is 27.6 Å². The second kappa shape index (κ2) is 6.86. The summed E-state index contributed by atoms with van der Waals surface area (Å²) < 4.78 is 16.7. The van der Waals surface area contributed by atoms with Gasteiger partial charge in [0, 0.05) is 35.7 Å². The first-order valence-electron chi connectivity index (χ1n) is 9.79. The van der Waals surface area contributed by atoms with Crippen LogP contribution in [-0.2, 0) is 24.2 Å². The molecule has 0 atom stereocenters. The number of ether oxygens (including phenoxy) is 3. The zero-order chi connectivity index (χ0) is 19.1. The van der Waals surface area contributed by atoms with Crippen LogP contribution in [0.1, 0.15) is 34.9 Å². The standard InChI is InChI=1S/C12H11NO.C12H12O2/c1-8-6-10-3-2-9-4-5-14-12(9)11(10)7-13-8;1-8-6-10-3-2-9-4-5-13-12(9)11(10)7-14-8/h2-3,6-7H,4-5H2,1H3;2-3,6H,4-5,7H2,1H3. The van der Waals surface area contributed by atoms with Crippen molar-refractivity contribution in [2.75, 3.05) is 13.2 Å². The minimum atomic E-state index is 0.654. The van der Waals surface area contributed by atoms with Gasteiger partial charge >= 0.3 is 0 Å². The molecule has 0 amide bonds. The van der Waals surface area contributed by atoms with Gasteiger partial charge in [0.05, 0.1) is 19.0 Å². The summed E-state index contributed by atoms with van der Waals surface area (Å²) in [4.78, 5) is 4.30. The lowest BCUT2D eigenvalue weighted by Crippen LogP contribution is -2.02. The molecule has 0 fully saturated rings. The number of hydrogen-bond acceptors (Lipinski definition) is 4. The fraction of sp³-hybridized carbons (Fsp3) is 0.292. The molecule has 2 aromatic carbocycles. The van der Waals surface area contributed by atoms with Crippen LogP contribution in [0.2, 0.25) is 0 Å². The Morgan fingerprint density at radius 1 is 0.857 bits per heavy atom. The molecule has 0 radical (unpaired) electrons. The van der Waals surface area contributed by atoms with Gasteiger partial charge in [-0.3, -0.25) is 4.98 Å². The maximum absolute atomic E-state index is 5.62. The predicted octanol–water partition coefficient (Wildman–Crippen LogP) is 4.99. The first-order chi connectivity index (χ1) is 13.7. The van der Waals surface area contributed by atoms with Crippen LogP contribution in [0.25, 0.3) is 16.8 Å². The van der Waals surface area contributed by atoms with Gasteiger partial charge in [0.1, 0.15) is 18.1 Å². The largest absolute Gasteiger partial charge is 0.493 e. The van der Waals surface area contributed by atoms with E-state index in [2.05, 4.69) is 41.4 Å². The predicted molar refractivity (Wildman–Crippen MR) is 110 cm³/mol. The van der Waals surface area contributed by atoms with Crippen molar-refractivity contribution in [2.45, 2.75) is 33.3 Å². The first kappa shape index (κ1) is 17.1. The van der Waals surface area contributed by atoms with Gasteiger partial charge in [0.2, 0.25) is 0 Å². The highest BCUT2D eigenvalue weighted by atomic mass is 16.5. The van der Waals surface area contributed by atoms with Crippen molar-refractivity contribution < 1.29 is 14.2 Å². The SMILES string of the molecule is CC1=Cc2ccc3c(c2CO1)OCC3.Cc1cc2ccc3c(c2cn1)OCC3. The monoisotopic (exact) mass is 373 g/mol. The number of rotatable bonds is 0. The third-order valence-electron chi connectivity index (χ3n) is 5.49. The summed E-state index contributed by atoms with van der Waals surface area (Å²) in [5, 5.41) is 2.36. The summed E-state index contributed by atoms with van der Waals surface area (Å²) in [7, 11) is 0. The normalized spacial score (nSPS) is 15.9. The molecule has 0 saturated heterocycles. The van der Waals surface area contributed by atoms with Gasteiger partial charge in [-0.15, -0.1) is 0 Å². The Kier molecular flexibility index (Phi) is 4.19. The van der Waals surface area contributed by atoms with E-state index < -0.39 is 0 Å². The van der Waals surface area contributed by atoms with E-state index >= 15 is 0 Å². The second-order valence-electron chi connectivity index (χ2n) is 7.46. The topological polar surface area (TPSA) is 40.6 Å². The van der Waals surface area contributed by atoms with Crippen molar-refractivity contribution in [2.24, 2.45) is 0 Å². The van der Waals surface area contributed by atoms with E-state index in [9.17, 15) is 0 Å². The van der Waals surface area contributed by atoms with Crippen molar-refractivity contribution in [3.63, 3.8) is 0 Å². The molecule has 0 bridgehead atoms. The molecule has 4 heteroatoms. The number of allylic oxidation sites excluding steroid dienone is 1. The van der Waals surface area contributed by atoms with Crippen LogP contribution in [0, 0.1) is 6.92 Å². The number of fused-ring (bicyclic) bond motifs is 6. The minimum absolute atomic E-state index is 0.654. The van der Waals surface area contributed by atoms with Crippen molar-refractivity contribution in [1.82, 2.24) is 4.98 Å². The maximum atomic E-state index is 5.62. The smallest absolute Gasteiger partial charge is 0.131 e. The zero-order valence-corrected chi connectivity index (χ0v) is 16.2. The number of hydrogen-bond donors (Lipinski definition) is 0. The Morgan fingerprint density at radius 3 is 2.46 bits per heavy atom. The van der Waals surface area contributed by atoms with Crippen molar-refractivity contribution >= 4 is 16.8 Å². The molecule has 4 nitrogen and oxygen atoms in total. The third-order valence-corrected chi connectivity index (χ3v) is 5.49. The van der Waals surface area contributed by atoms with Crippen LogP contribution >= 0.6 is 0 Å². The van der Waals surface area contributed by atoms with Crippen LogP contribution in [0.15, 0.2) is 42.3 Å². The second-order valence-corrected chi connectivity index (χ2v) is 7.46. The quantitative estimate of drug-likeness (QED) is 0.557. The highest BCUT2D eigenvalue weighted by Crippen LogP contribution is 2.36. The van der Waals surface area contributed by atoms with Gasteiger partial charge in [-0.2, -0.15) is 0 Å². The molecule has 3 aromatic rings. The third kappa shape index (κ3) is 2.99. The Labute approximate surface area is 164 Å². The number of benzene rings is 2. The molecule has 6 rings (SSSR count). The van der Waals surface area contributed by atoms with Crippen LogP contribution in [-0.4, -0.2) is 18.2 Å². The van der Waals surface area contributed by atoms with E-state index in [0.29, 0.717) is 6.61 Å². The summed E-state index contributed by atoms with van der Waals surface area (Å²) in [6.07, 6.45) is 6.04. The maximum Gasteiger partial charge on any atom is 0.131 e. The number of aromatic nitrogens is 1. The molecule has 4 heterocycles. The first-order valence-corrected chi connectivity index (χ1v) is 9.79. The average Bonchev–Trinajstić information content (AvgIpc) is 3.37. The summed E-state index contributed by atoms with van der Waals surface area (Å²) >= 11 is 0. The summed E-state index contributed by atoms with van der Waals surface area (Å²) in [6.45, 7) is 6.27. The van der Waals surface area contributed by atoms with Gasteiger partial charge < -0.3 is 14.2 Å². The molecule has 0 N–H and O–H groups in total. The summed E-state index contributed by atoms with van der Waals surface area (Å²) in [6, 6.07) is 10.7. The molecule has 3 aliphatic rings. The Hall–Kier alpha value is -3.01. The number of nitrogens with zero attached hydrogens (tertiary/aromatic N) is 1. The fourth-order valence-electron chi connectivity index (χ4n) is 4.04. The van der Waals surface area contributed by atoms with Crippen molar-refractivity contribution in [3.05, 3.63) is 70.2 Å². The average molecular weight is 373 g/mol. The van der Waals surface area contributed by atoms with E-state index in [-0.39, 0.29) is 0 Å². The molecule has 1 aromatic heterocycles. The zero-order valence-electron chi connectivity index (χ0n) is 16.2. The van der Waals surface area contributed by atoms with E-state index in [4.69, 9.17) is 14.2 Å². The highest BCUT2D eigenvalue weighted by Gasteiger charge is 2.21. The van der Waals surface area contributed by atoms with E-state index in [1.807, 2.05) is 20.0 Å². The lowest BCUT2D eigenvalue weighted by atomic mass is 10.0. The molecular weight excluding hydrogens is 350 g/mol. The molecular formula is C24H23NO3. The molecule has 0 saturated carbocycles. The van der Waals surface area contributed by atoms with E-state index in [1.54, 1.807) is 0 Å². The van der Waals surface area contributed by atoms with Crippen LogP contribution in [0.5, 0.6) is 11.5 Å². The van der Waals surface area contributed by atoms with Crippen LogP contribution in [0.4, 0.5) is 0 Å². The van der Waals surface area contributed by atoms with Crippen molar-refractivity contribution in [3.8, 4) is 11.5 Å². The van der Waals surface area contributed by atoms with Crippen molar-refractivity contribution in [1.29, 1.82) is 0 Å². The number of pyridine rings is 1. The Morgan fingerprint density at radius 2 is 1.61 bits per heavy atom. The molecule has 0 spiro atoms. The van der Waals surface area contributed by atoms with Crippen LogP contribution in [0.3, 0.4) is 0 Å². The van der Waals surface area contributed by atoms with Gasteiger partial charge in [0.25, 0.3) is 0 Å².